The van der Waals surface area contributed by atoms with Crippen LogP contribution in [0.3, 0.4) is 0 Å². The Morgan fingerprint density at radius 3 is 1.00 bits per heavy atom. The molecule has 0 aromatic rings. The fourth-order valence-electron chi connectivity index (χ4n) is 0. The molecule has 0 radical (unpaired) electrons. The van der Waals surface area contributed by atoms with E-state index in [0.717, 1.165) is 0 Å². The molecule has 0 saturated heterocycles. The van der Waals surface area contributed by atoms with E-state index >= 15 is 0 Å². The normalized spacial score (nSPS) is 1.50. The molecule has 0 fully saturated rings. The van der Waals surface area contributed by atoms with Gasteiger partial charge >= 0.3 is 106 Å². The van der Waals surface area contributed by atoms with Gasteiger partial charge in [0.15, 0.2) is 0 Å². The fraction of sp³-hybridized carbons (Fsp3) is 0. The Morgan fingerprint density at radius 1 is 1.00 bits per heavy atom. The molecule has 0 atom stereocenters. The van der Waals surface area contributed by atoms with Gasteiger partial charge in [-0.2, -0.15) is 0 Å². The summed E-state index contributed by atoms with van der Waals surface area (Å²) in [6, 6.07) is 0. The summed E-state index contributed by atoms with van der Waals surface area (Å²) >= 11 is 0. The molecule has 0 bridgehead atoms. The van der Waals surface area contributed by atoms with Gasteiger partial charge in [0.05, 0.1) is 0 Å². The monoisotopic (exact) mass is 116 g/mol. The van der Waals surface area contributed by atoms with Crippen LogP contribution in [0.15, 0.2) is 0 Å². The summed E-state index contributed by atoms with van der Waals surface area (Å²) < 4.78 is 0. The van der Waals surface area contributed by atoms with Crippen molar-refractivity contribution in [3.8, 4) is 0 Å². The van der Waals surface area contributed by atoms with E-state index in [1.165, 1.54) is 0 Å². The van der Waals surface area contributed by atoms with E-state index in [4.69, 9.17) is 10.5 Å². The molecule has 0 amide bonds. The third-order valence-electron chi connectivity index (χ3n) is 0. The van der Waals surface area contributed by atoms with Crippen molar-refractivity contribution in [1.29, 1.82) is 0 Å². The van der Waals surface area contributed by atoms with E-state index in [-0.39, 0.29) is 106 Å². The van der Waals surface area contributed by atoms with Gasteiger partial charge in [-0.05, 0) is 0 Å². The van der Waals surface area contributed by atoms with E-state index in [1.54, 1.807) is 0 Å². The van der Waals surface area contributed by atoms with Gasteiger partial charge in [0, 0.05) is 0 Å². The Balaban J connectivity index is -0.000000000833. The summed E-state index contributed by atoms with van der Waals surface area (Å²) in [5, 5.41) is 12.0. The molecule has 18 valence electrons. The average Bonchev–Trinajstić information content (AvgIpc) is 1.00. The van der Waals surface area contributed by atoms with Crippen LogP contribution in [0.2, 0.25) is 0 Å². The van der Waals surface area contributed by atoms with Gasteiger partial charge in [0.2, 0.25) is 0 Å². The molecule has 0 spiro atoms. The second-order valence-electron chi connectivity index (χ2n) is 0. The summed E-state index contributed by atoms with van der Waals surface area (Å²) in [7, 11) is 0. The van der Waals surface area contributed by atoms with E-state index in [2.05, 4.69) is 0 Å². The topological polar surface area (TPSA) is 40.5 Å². The van der Waals surface area contributed by atoms with Crippen LogP contribution in [-0.2, 0) is 0 Å². The molecule has 0 aliphatic heterocycles. The second-order valence-corrected chi connectivity index (χ2v) is 0. The zero-order valence-corrected chi connectivity index (χ0v) is 0.894. The molecular weight excluding hydrogens is 110 g/mol. The summed E-state index contributed by atoms with van der Waals surface area (Å²) in [4.78, 5) is 0. The molecule has 0 aromatic heterocycles. The molecule has 0 rings (SSSR count). The van der Waals surface area contributed by atoms with E-state index < -0.39 is 0 Å². The maximum atomic E-state index is 6.00. The van der Waals surface area contributed by atoms with Crippen molar-refractivity contribution in [3.05, 3.63) is 0 Å². The zero-order chi connectivity index (χ0) is 2.00. The quantitative estimate of drug-likeness (QED) is 0.241. The van der Waals surface area contributed by atoms with Gasteiger partial charge in [-0.15, -0.1) is 0 Å². The predicted octanol–water partition coefficient (Wildman–Crippen LogP) is -1.05. The van der Waals surface area contributed by atoms with Crippen molar-refractivity contribution in [2.45, 2.75) is 0 Å². The summed E-state index contributed by atoms with van der Waals surface area (Å²) in [6.07, 6.45) is 0. The average molecular weight is 116 g/mol. The van der Waals surface area contributed by atoms with Crippen LogP contribution in [0, 0.1) is 0 Å². The number of hydrogen-bond donors (Lipinski definition) is 2. The molecule has 0 aromatic carbocycles. The predicted molar refractivity (Wildman–Crippen MR) is 21.8 cm³/mol. The molecule has 4 heavy (non-hydrogen) atoms. The second kappa shape index (κ2) is 16.4. The van der Waals surface area contributed by atoms with Gasteiger partial charge in [0.1, 0.15) is 0 Å². The van der Waals surface area contributed by atoms with Crippen LogP contribution >= 0.6 is 0 Å². The van der Waals surface area contributed by atoms with Crippen LogP contribution in [0.4, 0.5) is 0 Å². The Hall–Kier alpha value is 3.19. The third-order valence-corrected chi connectivity index (χ3v) is 0. The molecular formula is H6K2O2+2. The SMILES string of the molecule is OO.[H+].[H+].[KH].[KH]. The van der Waals surface area contributed by atoms with E-state index in [9.17, 15) is 0 Å². The Bertz CT molecular complexity index is 9.51. The molecule has 4 heteroatoms. The Labute approximate surface area is 113 Å². The minimum absolute atomic E-state index is 0. The summed E-state index contributed by atoms with van der Waals surface area (Å²) in [5.74, 6) is 0. The van der Waals surface area contributed by atoms with Gasteiger partial charge < -0.3 is 0 Å². The van der Waals surface area contributed by atoms with Gasteiger partial charge in [-0.25, -0.2) is 0 Å². The zero-order valence-electron chi connectivity index (χ0n) is 2.89. The third kappa shape index (κ3) is 8.95. The minimum atomic E-state index is 0. The maximum absolute atomic E-state index is 6.00. The molecule has 0 heterocycles. The summed E-state index contributed by atoms with van der Waals surface area (Å²) in [5.41, 5.74) is 0. The van der Waals surface area contributed by atoms with Gasteiger partial charge in [-0.1, -0.05) is 0 Å². The number of hydrogen-bond acceptors (Lipinski definition) is 2. The van der Waals surface area contributed by atoms with Crippen molar-refractivity contribution in [3.63, 3.8) is 0 Å². The molecule has 0 unspecified atom stereocenters. The van der Waals surface area contributed by atoms with Gasteiger partial charge in [0.25, 0.3) is 0 Å². The van der Waals surface area contributed by atoms with Crippen molar-refractivity contribution in [1.82, 2.24) is 0 Å². The molecule has 0 saturated carbocycles. The van der Waals surface area contributed by atoms with Crippen LogP contribution in [-0.4, -0.2) is 113 Å². The molecule has 0 aliphatic rings. The fourth-order valence-corrected chi connectivity index (χ4v) is 0. The van der Waals surface area contributed by atoms with Crippen molar-refractivity contribution in [2.75, 3.05) is 0 Å². The summed E-state index contributed by atoms with van der Waals surface area (Å²) in [6.45, 7) is 0. The van der Waals surface area contributed by atoms with Crippen molar-refractivity contribution in [2.24, 2.45) is 0 Å². The Morgan fingerprint density at radius 2 is 1.00 bits per heavy atom. The van der Waals surface area contributed by atoms with Gasteiger partial charge in [-0.3, -0.25) is 10.5 Å². The Kier molecular flexibility index (Phi) is 64.3. The molecule has 0 aliphatic carbocycles. The first kappa shape index (κ1) is 15.7. The van der Waals surface area contributed by atoms with E-state index in [1.807, 2.05) is 0 Å². The molecule has 2 nitrogen and oxygen atoms in total. The van der Waals surface area contributed by atoms with Crippen LogP contribution < -0.4 is 0 Å². The van der Waals surface area contributed by atoms with E-state index in [0.29, 0.717) is 0 Å². The van der Waals surface area contributed by atoms with Crippen LogP contribution in [0.5, 0.6) is 0 Å². The first-order valence-electron chi connectivity index (χ1n) is 0.200. The standard InChI is InChI=1S/2K.H2O2.2H/c;;1-2;;/h;;1-2H;;/p+2. The van der Waals surface area contributed by atoms with Crippen LogP contribution in [0.25, 0.3) is 0 Å². The van der Waals surface area contributed by atoms with Crippen molar-refractivity contribution < 1.29 is 13.4 Å². The first-order chi connectivity index (χ1) is 1.00. The van der Waals surface area contributed by atoms with Crippen molar-refractivity contribution >= 4 is 103 Å². The first-order valence-corrected chi connectivity index (χ1v) is 0.200. The number of rotatable bonds is 0. The van der Waals surface area contributed by atoms with Crippen LogP contribution in [0.1, 0.15) is 2.85 Å². The molecule has 2 N–H and O–H groups in total.